The van der Waals surface area contributed by atoms with Crippen molar-refractivity contribution in [2.75, 3.05) is 0 Å². The molecule has 0 bridgehead atoms. The Morgan fingerprint density at radius 1 is 1.55 bits per heavy atom. The summed E-state index contributed by atoms with van der Waals surface area (Å²) >= 11 is 0. The van der Waals surface area contributed by atoms with Gasteiger partial charge in [-0.2, -0.15) is 0 Å². The second-order valence-corrected chi connectivity index (χ2v) is 3.53. The van der Waals surface area contributed by atoms with Gasteiger partial charge in [0.05, 0.1) is 6.04 Å². The van der Waals surface area contributed by atoms with E-state index in [1.54, 1.807) is 0 Å². The van der Waals surface area contributed by atoms with Crippen LogP contribution in [0.15, 0.2) is 0 Å². The molecule has 0 aromatic rings. The Hall–Kier alpha value is -0.570. The highest BCUT2D eigenvalue weighted by Crippen LogP contribution is 2.31. The van der Waals surface area contributed by atoms with Gasteiger partial charge in [0.2, 0.25) is 5.91 Å². The molecule has 0 heterocycles. The highest BCUT2D eigenvalue weighted by atomic mass is 16.2. The molecule has 1 saturated carbocycles. The number of hydrogen-bond acceptors (Lipinski definition) is 2. The van der Waals surface area contributed by atoms with Crippen molar-refractivity contribution in [3.8, 4) is 0 Å². The van der Waals surface area contributed by atoms with Gasteiger partial charge in [-0.15, -0.1) is 0 Å². The van der Waals surface area contributed by atoms with Gasteiger partial charge in [0, 0.05) is 6.04 Å². The molecule has 0 radical (unpaired) electrons. The van der Waals surface area contributed by atoms with Crippen LogP contribution in [0.25, 0.3) is 0 Å². The summed E-state index contributed by atoms with van der Waals surface area (Å²) in [5.41, 5.74) is 5.66. The first-order valence-electron chi connectivity index (χ1n) is 4.17. The van der Waals surface area contributed by atoms with E-state index in [9.17, 15) is 4.79 Å². The van der Waals surface area contributed by atoms with E-state index in [2.05, 4.69) is 5.32 Å². The molecule has 3 heteroatoms. The zero-order chi connectivity index (χ0) is 8.43. The van der Waals surface area contributed by atoms with Crippen molar-refractivity contribution >= 4 is 5.91 Å². The maximum absolute atomic E-state index is 11.2. The summed E-state index contributed by atoms with van der Waals surface area (Å²) in [4.78, 5) is 11.2. The fourth-order valence-corrected chi connectivity index (χ4v) is 1.05. The van der Waals surface area contributed by atoms with Gasteiger partial charge < -0.3 is 11.1 Å². The normalized spacial score (nSPS) is 20.0. The molecule has 1 fully saturated rings. The van der Waals surface area contributed by atoms with Crippen LogP contribution in [0.4, 0.5) is 0 Å². The van der Waals surface area contributed by atoms with Gasteiger partial charge in [-0.25, -0.2) is 0 Å². The molecular weight excluding hydrogens is 140 g/mol. The molecule has 1 unspecified atom stereocenters. The first-order valence-corrected chi connectivity index (χ1v) is 4.17. The van der Waals surface area contributed by atoms with Crippen LogP contribution in [0, 0.1) is 5.92 Å². The summed E-state index contributed by atoms with van der Waals surface area (Å²) in [6, 6.07) is -0.0651. The molecule has 11 heavy (non-hydrogen) atoms. The number of rotatable bonds is 3. The molecule has 64 valence electrons. The number of nitrogens with one attached hydrogen (secondary N) is 1. The SMILES string of the molecule is CC(C)NC(=O)C(N)C1CC1. The number of carbonyl (C=O) groups is 1. The summed E-state index contributed by atoms with van der Waals surface area (Å²) < 4.78 is 0. The summed E-state index contributed by atoms with van der Waals surface area (Å²) in [5.74, 6) is 0.455. The Morgan fingerprint density at radius 3 is 2.45 bits per heavy atom. The van der Waals surface area contributed by atoms with Gasteiger partial charge in [0.25, 0.3) is 0 Å². The van der Waals surface area contributed by atoms with Crippen molar-refractivity contribution < 1.29 is 4.79 Å². The summed E-state index contributed by atoms with van der Waals surface area (Å²) in [6.45, 7) is 3.88. The van der Waals surface area contributed by atoms with Gasteiger partial charge in [0.1, 0.15) is 0 Å². The molecule has 3 N–H and O–H groups in total. The number of carbonyl (C=O) groups excluding carboxylic acids is 1. The van der Waals surface area contributed by atoms with Crippen molar-refractivity contribution in [1.82, 2.24) is 5.32 Å². The third kappa shape index (κ3) is 2.50. The molecule has 0 spiro atoms. The lowest BCUT2D eigenvalue weighted by Gasteiger charge is -2.13. The van der Waals surface area contributed by atoms with E-state index >= 15 is 0 Å². The van der Waals surface area contributed by atoms with Crippen LogP contribution in [0.5, 0.6) is 0 Å². The lowest BCUT2D eigenvalue weighted by Crippen LogP contribution is -2.44. The van der Waals surface area contributed by atoms with E-state index in [-0.39, 0.29) is 18.0 Å². The van der Waals surface area contributed by atoms with E-state index in [4.69, 9.17) is 5.73 Å². The number of amides is 1. The molecule has 1 aliphatic carbocycles. The largest absolute Gasteiger partial charge is 0.353 e. The third-order valence-corrected chi connectivity index (χ3v) is 1.86. The van der Waals surface area contributed by atoms with Crippen LogP contribution in [-0.2, 0) is 4.79 Å². The van der Waals surface area contributed by atoms with Gasteiger partial charge in [-0.1, -0.05) is 0 Å². The standard InChI is InChI=1S/C8H16N2O/c1-5(2)10-8(11)7(9)6-3-4-6/h5-7H,3-4,9H2,1-2H3,(H,10,11). The highest BCUT2D eigenvalue weighted by Gasteiger charge is 2.33. The van der Waals surface area contributed by atoms with Gasteiger partial charge in [-0.3, -0.25) is 4.79 Å². The fourth-order valence-electron chi connectivity index (χ4n) is 1.05. The zero-order valence-electron chi connectivity index (χ0n) is 7.13. The Morgan fingerprint density at radius 2 is 2.09 bits per heavy atom. The minimum absolute atomic E-state index is 0.00231. The first kappa shape index (κ1) is 8.53. The minimum Gasteiger partial charge on any atom is -0.353 e. The van der Waals surface area contributed by atoms with E-state index in [0.29, 0.717) is 5.92 Å². The average molecular weight is 156 g/mol. The molecule has 1 atom stereocenters. The molecule has 1 amide bonds. The molecule has 0 aliphatic heterocycles. The van der Waals surface area contributed by atoms with Crippen molar-refractivity contribution in [1.29, 1.82) is 0 Å². The maximum Gasteiger partial charge on any atom is 0.237 e. The molecule has 0 aromatic heterocycles. The third-order valence-electron chi connectivity index (χ3n) is 1.86. The summed E-state index contributed by atoms with van der Waals surface area (Å²) in [6.07, 6.45) is 2.24. The number of nitrogens with two attached hydrogens (primary N) is 1. The maximum atomic E-state index is 11.2. The Kier molecular flexibility index (Phi) is 2.49. The predicted octanol–water partition coefficient (Wildman–Crippen LogP) is 0.248. The van der Waals surface area contributed by atoms with Crippen LogP contribution in [-0.4, -0.2) is 18.0 Å². The van der Waals surface area contributed by atoms with Gasteiger partial charge in [0.15, 0.2) is 0 Å². The second kappa shape index (κ2) is 3.22. The van der Waals surface area contributed by atoms with Crippen LogP contribution in [0.1, 0.15) is 26.7 Å². The monoisotopic (exact) mass is 156 g/mol. The highest BCUT2D eigenvalue weighted by molar-refractivity contribution is 5.82. The molecule has 0 saturated heterocycles. The second-order valence-electron chi connectivity index (χ2n) is 3.53. The predicted molar refractivity (Wildman–Crippen MR) is 44.0 cm³/mol. The van der Waals surface area contributed by atoms with Crippen molar-refractivity contribution in [3.05, 3.63) is 0 Å². The first-order chi connectivity index (χ1) is 5.11. The average Bonchev–Trinajstić information content (AvgIpc) is 2.65. The topological polar surface area (TPSA) is 55.1 Å². The lowest BCUT2D eigenvalue weighted by atomic mass is 10.2. The van der Waals surface area contributed by atoms with Crippen LogP contribution >= 0.6 is 0 Å². The molecule has 0 aromatic carbocycles. The van der Waals surface area contributed by atoms with Crippen molar-refractivity contribution in [2.24, 2.45) is 11.7 Å². The van der Waals surface area contributed by atoms with Crippen molar-refractivity contribution in [3.63, 3.8) is 0 Å². The van der Waals surface area contributed by atoms with E-state index in [0.717, 1.165) is 12.8 Å². The molecule has 1 rings (SSSR count). The molecule has 1 aliphatic rings. The van der Waals surface area contributed by atoms with Crippen molar-refractivity contribution in [2.45, 2.75) is 38.8 Å². The Balaban J connectivity index is 2.27. The van der Waals surface area contributed by atoms with Gasteiger partial charge >= 0.3 is 0 Å². The summed E-state index contributed by atoms with van der Waals surface area (Å²) in [7, 11) is 0. The Bertz CT molecular complexity index is 152. The summed E-state index contributed by atoms with van der Waals surface area (Å²) in [5, 5.41) is 2.80. The smallest absolute Gasteiger partial charge is 0.237 e. The van der Waals surface area contributed by atoms with E-state index in [1.165, 1.54) is 0 Å². The van der Waals surface area contributed by atoms with Crippen LogP contribution in [0.2, 0.25) is 0 Å². The van der Waals surface area contributed by atoms with Crippen LogP contribution in [0.3, 0.4) is 0 Å². The van der Waals surface area contributed by atoms with Crippen LogP contribution < -0.4 is 11.1 Å². The zero-order valence-corrected chi connectivity index (χ0v) is 7.13. The molecular formula is C8H16N2O. The number of hydrogen-bond donors (Lipinski definition) is 2. The quantitative estimate of drug-likeness (QED) is 0.615. The molecule has 3 nitrogen and oxygen atoms in total. The van der Waals surface area contributed by atoms with E-state index < -0.39 is 0 Å². The van der Waals surface area contributed by atoms with Gasteiger partial charge in [-0.05, 0) is 32.6 Å². The minimum atomic E-state index is -0.266. The lowest BCUT2D eigenvalue weighted by molar-refractivity contribution is -0.123. The Labute approximate surface area is 67.3 Å². The van der Waals surface area contributed by atoms with E-state index in [1.807, 2.05) is 13.8 Å². The fraction of sp³-hybridized carbons (Fsp3) is 0.875.